The standard InChI is InChI=1S/C11H17N5O2S2/c1-2-12-3-4-16-7-11(6-14-16)20(17,18)15-5-10-8-19-9-13-10/h6-9,12,15H,2-5H2,1H3. The van der Waals surface area contributed by atoms with Crippen LogP contribution in [0.15, 0.2) is 28.2 Å². The van der Waals surface area contributed by atoms with Crippen LogP contribution < -0.4 is 10.0 Å². The zero-order chi connectivity index (χ0) is 14.4. The van der Waals surface area contributed by atoms with Gasteiger partial charge in [0.25, 0.3) is 0 Å². The van der Waals surface area contributed by atoms with E-state index in [-0.39, 0.29) is 11.4 Å². The Morgan fingerprint density at radius 3 is 3.00 bits per heavy atom. The molecule has 2 rings (SSSR count). The van der Waals surface area contributed by atoms with Crippen molar-refractivity contribution in [2.75, 3.05) is 13.1 Å². The molecule has 110 valence electrons. The van der Waals surface area contributed by atoms with E-state index in [0.717, 1.165) is 13.1 Å². The molecule has 0 amide bonds. The molecular formula is C11H17N5O2S2. The van der Waals surface area contributed by atoms with Gasteiger partial charge in [0, 0.05) is 18.1 Å². The zero-order valence-corrected chi connectivity index (χ0v) is 12.7. The lowest BCUT2D eigenvalue weighted by Gasteiger charge is -2.03. The van der Waals surface area contributed by atoms with Crippen molar-refractivity contribution < 1.29 is 8.42 Å². The lowest BCUT2D eigenvalue weighted by Crippen LogP contribution is -2.23. The molecule has 0 aliphatic carbocycles. The number of thiazole rings is 1. The van der Waals surface area contributed by atoms with Crippen molar-refractivity contribution in [3.05, 3.63) is 29.0 Å². The molecule has 2 heterocycles. The summed E-state index contributed by atoms with van der Waals surface area (Å²) in [6.07, 6.45) is 2.88. The lowest BCUT2D eigenvalue weighted by molar-refractivity contribution is 0.562. The first-order valence-corrected chi connectivity index (χ1v) is 8.64. The van der Waals surface area contributed by atoms with Crippen LogP contribution in [0, 0.1) is 0 Å². The van der Waals surface area contributed by atoms with Gasteiger partial charge in [0.05, 0.1) is 30.5 Å². The molecule has 0 unspecified atom stereocenters. The molecule has 0 atom stereocenters. The minimum absolute atomic E-state index is 0.171. The van der Waals surface area contributed by atoms with Gasteiger partial charge in [0.15, 0.2) is 0 Å². The maximum atomic E-state index is 12.1. The van der Waals surface area contributed by atoms with Crippen molar-refractivity contribution in [1.29, 1.82) is 0 Å². The van der Waals surface area contributed by atoms with E-state index in [4.69, 9.17) is 0 Å². The molecule has 0 bridgehead atoms. The number of nitrogens with one attached hydrogen (secondary N) is 2. The highest BCUT2D eigenvalue weighted by Gasteiger charge is 2.16. The highest BCUT2D eigenvalue weighted by molar-refractivity contribution is 7.89. The Morgan fingerprint density at radius 1 is 1.45 bits per heavy atom. The summed E-state index contributed by atoms with van der Waals surface area (Å²) >= 11 is 1.43. The maximum Gasteiger partial charge on any atom is 0.244 e. The highest BCUT2D eigenvalue weighted by atomic mass is 32.2. The van der Waals surface area contributed by atoms with Crippen molar-refractivity contribution in [2.45, 2.75) is 24.9 Å². The smallest absolute Gasteiger partial charge is 0.244 e. The molecule has 9 heteroatoms. The predicted octanol–water partition coefficient (Wildman–Crippen LogP) is 0.428. The van der Waals surface area contributed by atoms with Crippen LogP contribution in [0.1, 0.15) is 12.6 Å². The van der Waals surface area contributed by atoms with Crippen LogP contribution in [0.4, 0.5) is 0 Å². The lowest BCUT2D eigenvalue weighted by atomic mass is 10.5. The molecule has 0 fully saturated rings. The summed E-state index contributed by atoms with van der Waals surface area (Å²) in [5.41, 5.74) is 2.38. The second-order valence-electron chi connectivity index (χ2n) is 4.10. The fourth-order valence-corrected chi connectivity index (χ4v) is 3.06. The average Bonchev–Trinajstić information content (AvgIpc) is 3.08. The number of hydrogen-bond donors (Lipinski definition) is 2. The molecule has 0 aromatic carbocycles. The molecule has 2 aromatic heterocycles. The molecule has 0 spiro atoms. The summed E-state index contributed by atoms with van der Waals surface area (Å²) in [6.45, 7) is 4.47. The van der Waals surface area contributed by atoms with Crippen LogP contribution >= 0.6 is 11.3 Å². The minimum atomic E-state index is -3.54. The van der Waals surface area contributed by atoms with Gasteiger partial charge in [-0.25, -0.2) is 18.1 Å². The summed E-state index contributed by atoms with van der Waals surface area (Å²) in [7, 11) is -3.54. The van der Waals surface area contributed by atoms with Gasteiger partial charge in [-0.05, 0) is 6.54 Å². The monoisotopic (exact) mass is 315 g/mol. The molecule has 0 aliphatic rings. The molecule has 0 saturated heterocycles. The first-order valence-electron chi connectivity index (χ1n) is 6.21. The first-order chi connectivity index (χ1) is 9.62. The number of sulfonamides is 1. The van der Waals surface area contributed by atoms with E-state index in [2.05, 4.69) is 20.1 Å². The third-order valence-corrected chi connectivity index (χ3v) is 4.61. The van der Waals surface area contributed by atoms with Crippen molar-refractivity contribution in [2.24, 2.45) is 0 Å². The summed E-state index contributed by atoms with van der Waals surface area (Å²) in [5, 5.41) is 9.01. The minimum Gasteiger partial charge on any atom is -0.315 e. The maximum absolute atomic E-state index is 12.1. The molecule has 0 saturated carbocycles. The van der Waals surface area contributed by atoms with Crippen molar-refractivity contribution in [3.63, 3.8) is 0 Å². The van der Waals surface area contributed by atoms with E-state index >= 15 is 0 Å². The fourth-order valence-electron chi connectivity index (χ4n) is 1.55. The average molecular weight is 315 g/mol. The SMILES string of the molecule is CCNCCn1cc(S(=O)(=O)NCc2cscn2)cn1. The van der Waals surface area contributed by atoms with Gasteiger partial charge in [0.1, 0.15) is 4.90 Å². The van der Waals surface area contributed by atoms with E-state index in [1.165, 1.54) is 23.7 Å². The fraction of sp³-hybridized carbons (Fsp3) is 0.455. The van der Waals surface area contributed by atoms with Crippen LogP contribution in [0.5, 0.6) is 0 Å². The van der Waals surface area contributed by atoms with Crippen LogP contribution in [-0.4, -0.2) is 36.3 Å². The van der Waals surface area contributed by atoms with E-state index < -0.39 is 10.0 Å². The summed E-state index contributed by atoms with van der Waals surface area (Å²) < 4.78 is 28.2. The largest absolute Gasteiger partial charge is 0.315 e. The van der Waals surface area contributed by atoms with Crippen molar-refractivity contribution in [3.8, 4) is 0 Å². The van der Waals surface area contributed by atoms with E-state index in [1.54, 1.807) is 10.2 Å². The number of aromatic nitrogens is 3. The third-order valence-electron chi connectivity index (χ3n) is 2.61. The second-order valence-corrected chi connectivity index (χ2v) is 6.58. The third kappa shape index (κ3) is 4.10. The topological polar surface area (TPSA) is 88.9 Å². The number of rotatable bonds is 8. The summed E-state index contributed by atoms with van der Waals surface area (Å²) in [4.78, 5) is 4.20. The van der Waals surface area contributed by atoms with Crippen molar-refractivity contribution in [1.82, 2.24) is 24.8 Å². The Morgan fingerprint density at radius 2 is 2.30 bits per heavy atom. The Labute approximate surface area is 122 Å². The Bertz CT molecular complexity index is 621. The highest BCUT2D eigenvalue weighted by Crippen LogP contribution is 2.08. The summed E-state index contributed by atoms with van der Waals surface area (Å²) in [5.74, 6) is 0. The van der Waals surface area contributed by atoms with Gasteiger partial charge in [0.2, 0.25) is 10.0 Å². The molecule has 0 radical (unpaired) electrons. The normalized spacial score (nSPS) is 11.8. The van der Waals surface area contributed by atoms with E-state index in [0.29, 0.717) is 12.2 Å². The quantitative estimate of drug-likeness (QED) is 0.690. The van der Waals surface area contributed by atoms with Gasteiger partial charge in [-0.2, -0.15) is 5.10 Å². The van der Waals surface area contributed by atoms with E-state index in [9.17, 15) is 8.42 Å². The van der Waals surface area contributed by atoms with Gasteiger partial charge >= 0.3 is 0 Å². The van der Waals surface area contributed by atoms with Crippen LogP contribution in [-0.2, 0) is 23.1 Å². The van der Waals surface area contributed by atoms with Gasteiger partial charge in [-0.1, -0.05) is 6.92 Å². The van der Waals surface area contributed by atoms with E-state index in [1.807, 2.05) is 12.3 Å². The Balaban J connectivity index is 1.95. The predicted molar refractivity (Wildman–Crippen MR) is 76.9 cm³/mol. The molecular weight excluding hydrogens is 298 g/mol. The van der Waals surface area contributed by atoms with Crippen molar-refractivity contribution >= 4 is 21.4 Å². The second kappa shape index (κ2) is 6.93. The molecule has 7 nitrogen and oxygen atoms in total. The molecule has 2 aromatic rings. The Hall–Kier alpha value is -1.29. The molecule has 0 aliphatic heterocycles. The zero-order valence-electron chi connectivity index (χ0n) is 11.1. The van der Waals surface area contributed by atoms with Crippen LogP contribution in [0.25, 0.3) is 0 Å². The number of likely N-dealkylation sites (N-methyl/N-ethyl adjacent to an activating group) is 1. The molecule has 20 heavy (non-hydrogen) atoms. The number of nitrogens with zero attached hydrogens (tertiary/aromatic N) is 3. The van der Waals surface area contributed by atoms with Gasteiger partial charge in [-0.15, -0.1) is 11.3 Å². The summed E-state index contributed by atoms with van der Waals surface area (Å²) in [6, 6.07) is 0. The van der Waals surface area contributed by atoms with Gasteiger partial charge in [-0.3, -0.25) is 4.68 Å². The molecule has 2 N–H and O–H groups in total. The van der Waals surface area contributed by atoms with Crippen LogP contribution in [0.2, 0.25) is 0 Å². The van der Waals surface area contributed by atoms with Gasteiger partial charge < -0.3 is 5.32 Å². The Kier molecular flexibility index (Phi) is 5.24. The van der Waals surface area contributed by atoms with Crippen LogP contribution in [0.3, 0.4) is 0 Å². The number of hydrogen-bond acceptors (Lipinski definition) is 6. The first kappa shape index (κ1) is 15.1.